The summed E-state index contributed by atoms with van der Waals surface area (Å²) in [5, 5.41) is 2.93. The minimum absolute atomic E-state index is 0.112. The van der Waals surface area contributed by atoms with E-state index in [4.69, 9.17) is 11.5 Å². The van der Waals surface area contributed by atoms with E-state index in [9.17, 15) is 4.79 Å². The van der Waals surface area contributed by atoms with Crippen LogP contribution in [0.1, 0.15) is 16.8 Å². The Morgan fingerprint density at radius 2 is 2.29 bits per heavy atom. The zero-order valence-electron chi connectivity index (χ0n) is 9.61. The first kappa shape index (κ1) is 12.1. The lowest BCUT2D eigenvalue weighted by Gasteiger charge is -2.11. The first-order valence-electron chi connectivity index (χ1n) is 5.68. The highest BCUT2D eigenvalue weighted by Crippen LogP contribution is 2.22. The number of nitrogens with one attached hydrogen (secondary N) is 1. The number of thioether (sulfide) groups is 1. The van der Waals surface area contributed by atoms with E-state index < -0.39 is 0 Å². The Morgan fingerprint density at radius 3 is 2.94 bits per heavy atom. The maximum atomic E-state index is 11.9. The van der Waals surface area contributed by atoms with Crippen LogP contribution in [-0.4, -0.2) is 24.0 Å². The van der Waals surface area contributed by atoms with Gasteiger partial charge in [-0.2, -0.15) is 11.8 Å². The highest BCUT2D eigenvalue weighted by Gasteiger charge is 2.17. The molecule has 1 fully saturated rings. The first-order chi connectivity index (χ1) is 8.16. The molecule has 0 radical (unpaired) electrons. The van der Waals surface area contributed by atoms with Crippen molar-refractivity contribution >= 4 is 29.0 Å². The fourth-order valence-corrected chi connectivity index (χ4v) is 3.15. The quantitative estimate of drug-likeness (QED) is 0.708. The van der Waals surface area contributed by atoms with Gasteiger partial charge in [-0.1, -0.05) is 0 Å². The van der Waals surface area contributed by atoms with E-state index in [1.165, 1.54) is 12.2 Å². The molecule has 1 aromatic rings. The summed E-state index contributed by atoms with van der Waals surface area (Å²) in [7, 11) is 0. The number of anilines is 2. The molecule has 17 heavy (non-hydrogen) atoms. The molecule has 1 aliphatic rings. The monoisotopic (exact) mass is 251 g/mol. The van der Waals surface area contributed by atoms with Gasteiger partial charge in [0.2, 0.25) is 0 Å². The van der Waals surface area contributed by atoms with E-state index in [-0.39, 0.29) is 5.91 Å². The molecule has 0 saturated carbocycles. The number of rotatable bonds is 3. The van der Waals surface area contributed by atoms with Crippen LogP contribution in [0, 0.1) is 5.92 Å². The molecule has 1 atom stereocenters. The number of nitrogen functional groups attached to an aromatic ring is 2. The molecular formula is C12H17N3OS. The van der Waals surface area contributed by atoms with E-state index in [0.717, 1.165) is 12.3 Å². The molecule has 1 aliphatic heterocycles. The molecule has 1 unspecified atom stereocenters. The highest BCUT2D eigenvalue weighted by atomic mass is 32.2. The van der Waals surface area contributed by atoms with Gasteiger partial charge >= 0.3 is 0 Å². The molecule has 0 bridgehead atoms. The Hall–Kier alpha value is -1.36. The van der Waals surface area contributed by atoms with Crippen molar-refractivity contribution in [3.05, 3.63) is 23.8 Å². The van der Waals surface area contributed by atoms with Crippen LogP contribution in [0.3, 0.4) is 0 Å². The van der Waals surface area contributed by atoms with Crippen LogP contribution in [0.25, 0.3) is 0 Å². The maximum absolute atomic E-state index is 11.9. The van der Waals surface area contributed by atoms with Crippen molar-refractivity contribution in [2.24, 2.45) is 5.92 Å². The zero-order chi connectivity index (χ0) is 12.3. The van der Waals surface area contributed by atoms with Crippen LogP contribution < -0.4 is 16.8 Å². The predicted octanol–water partition coefficient (Wildman–Crippen LogP) is 1.33. The molecule has 0 aliphatic carbocycles. The second kappa shape index (κ2) is 5.31. The lowest BCUT2D eigenvalue weighted by atomic mass is 10.1. The third kappa shape index (κ3) is 3.06. The van der Waals surface area contributed by atoms with E-state index in [1.807, 2.05) is 11.8 Å². The molecule has 0 spiro atoms. The van der Waals surface area contributed by atoms with E-state index in [2.05, 4.69) is 5.32 Å². The lowest BCUT2D eigenvalue weighted by Crippen LogP contribution is -2.29. The third-order valence-corrected chi connectivity index (χ3v) is 4.13. The number of benzene rings is 1. The van der Waals surface area contributed by atoms with Gasteiger partial charge in [-0.3, -0.25) is 4.79 Å². The molecule has 5 N–H and O–H groups in total. The minimum atomic E-state index is -0.112. The van der Waals surface area contributed by atoms with E-state index >= 15 is 0 Å². The van der Waals surface area contributed by atoms with Crippen LogP contribution in [0.4, 0.5) is 11.4 Å². The number of nitrogens with two attached hydrogens (primary N) is 2. The molecule has 1 heterocycles. The van der Waals surface area contributed by atoms with Gasteiger partial charge in [0.25, 0.3) is 5.91 Å². The first-order valence-corrected chi connectivity index (χ1v) is 6.83. The summed E-state index contributed by atoms with van der Waals surface area (Å²) >= 11 is 1.94. The molecular weight excluding hydrogens is 234 g/mol. The van der Waals surface area contributed by atoms with Gasteiger partial charge in [0.15, 0.2) is 0 Å². The molecule has 1 amide bonds. The standard InChI is InChI=1S/C12H17N3OS/c13-9-1-2-10(11(14)5-9)12(16)15-6-8-3-4-17-7-8/h1-2,5,8H,3-4,6-7,13-14H2,(H,15,16). The van der Waals surface area contributed by atoms with Gasteiger partial charge in [-0.05, 0) is 42.0 Å². The van der Waals surface area contributed by atoms with Crippen molar-refractivity contribution in [2.45, 2.75) is 6.42 Å². The van der Waals surface area contributed by atoms with Crippen LogP contribution in [-0.2, 0) is 0 Å². The van der Waals surface area contributed by atoms with Crippen molar-refractivity contribution in [3.63, 3.8) is 0 Å². The summed E-state index contributed by atoms with van der Waals surface area (Å²) in [6, 6.07) is 4.97. The summed E-state index contributed by atoms with van der Waals surface area (Å²) in [6.07, 6.45) is 1.18. The lowest BCUT2D eigenvalue weighted by molar-refractivity contribution is 0.0949. The Kier molecular flexibility index (Phi) is 3.78. The van der Waals surface area contributed by atoms with Crippen LogP contribution in [0.15, 0.2) is 18.2 Å². The Labute approximate surface area is 105 Å². The Bertz CT molecular complexity index is 416. The topological polar surface area (TPSA) is 81.1 Å². The minimum Gasteiger partial charge on any atom is -0.399 e. The van der Waals surface area contributed by atoms with Gasteiger partial charge < -0.3 is 16.8 Å². The van der Waals surface area contributed by atoms with Gasteiger partial charge in [0, 0.05) is 17.9 Å². The molecule has 5 heteroatoms. The summed E-state index contributed by atoms with van der Waals surface area (Å²) in [4.78, 5) is 11.9. The predicted molar refractivity (Wildman–Crippen MR) is 73.0 cm³/mol. The van der Waals surface area contributed by atoms with Crippen LogP contribution in [0.5, 0.6) is 0 Å². The molecule has 4 nitrogen and oxygen atoms in total. The number of amides is 1. The van der Waals surface area contributed by atoms with Gasteiger partial charge in [0.05, 0.1) is 5.56 Å². The number of carbonyl (C=O) groups excluding carboxylic acids is 1. The number of hydrogen-bond acceptors (Lipinski definition) is 4. The van der Waals surface area contributed by atoms with E-state index in [0.29, 0.717) is 22.9 Å². The normalized spacial score (nSPS) is 19.2. The second-order valence-electron chi connectivity index (χ2n) is 4.29. The zero-order valence-corrected chi connectivity index (χ0v) is 10.4. The van der Waals surface area contributed by atoms with Gasteiger partial charge in [0.1, 0.15) is 0 Å². The summed E-state index contributed by atoms with van der Waals surface area (Å²) in [6.45, 7) is 0.732. The highest BCUT2D eigenvalue weighted by molar-refractivity contribution is 7.99. The summed E-state index contributed by atoms with van der Waals surface area (Å²) < 4.78 is 0. The fourth-order valence-electron chi connectivity index (χ4n) is 1.86. The average Bonchev–Trinajstić information content (AvgIpc) is 2.78. The molecule has 0 aromatic heterocycles. The van der Waals surface area contributed by atoms with Crippen LogP contribution >= 0.6 is 11.8 Å². The number of carbonyl (C=O) groups is 1. The van der Waals surface area contributed by atoms with Gasteiger partial charge in [-0.25, -0.2) is 0 Å². The van der Waals surface area contributed by atoms with Crippen molar-refractivity contribution in [3.8, 4) is 0 Å². The molecule has 1 saturated heterocycles. The van der Waals surface area contributed by atoms with Crippen molar-refractivity contribution in [1.82, 2.24) is 5.32 Å². The largest absolute Gasteiger partial charge is 0.399 e. The van der Waals surface area contributed by atoms with Crippen molar-refractivity contribution < 1.29 is 4.79 Å². The van der Waals surface area contributed by atoms with Crippen LogP contribution in [0.2, 0.25) is 0 Å². The smallest absolute Gasteiger partial charge is 0.253 e. The molecule has 1 aromatic carbocycles. The number of hydrogen-bond donors (Lipinski definition) is 3. The van der Waals surface area contributed by atoms with Crippen molar-refractivity contribution in [2.75, 3.05) is 29.5 Å². The second-order valence-corrected chi connectivity index (χ2v) is 5.44. The molecule has 2 rings (SSSR count). The summed E-state index contributed by atoms with van der Waals surface area (Å²) in [5.41, 5.74) is 12.9. The van der Waals surface area contributed by atoms with E-state index in [1.54, 1.807) is 18.2 Å². The maximum Gasteiger partial charge on any atom is 0.253 e. The fraction of sp³-hybridized carbons (Fsp3) is 0.417. The molecule has 92 valence electrons. The third-order valence-electron chi connectivity index (χ3n) is 2.90. The van der Waals surface area contributed by atoms with Crippen molar-refractivity contribution in [1.29, 1.82) is 0 Å². The Balaban J connectivity index is 1.94. The Morgan fingerprint density at radius 1 is 1.47 bits per heavy atom. The van der Waals surface area contributed by atoms with Gasteiger partial charge in [-0.15, -0.1) is 0 Å². The summed E-state index contributed by atoms with van der Waals surface area (Å²) in [5.74, 6) is 2.82. The SMILES string of the molecule is Nc1ccc(C(=O)NCC2CCSC2)c(N)c1. The average molecular weight is 251 g/mol.